The number of halogens is 1. The quantitative estimate of drug-likeness (QED) is 0.815. The van der Waals surface area contributed by atoms with Crippen molar-refractivity contribution >= 4 is 33.5 Å². The summed E-state index contributed by atoms with van der Waals surface area (Å²) in [7, 11) is 0. The third-order valence-electron chi connectivity index (χ3n) is 4.05. The van der Waals surface area contributed by atoms with E-state index in [0.29, 0.717) is 5.69 Å². The van der Waals surface area contributed by atoms with E-state index in [1.807, 2.05) is 38.1 Å². The van der Waals surface area contributed by atoms with Crippen molar-refractivity contribution in [2.75, 3.05) is 5.32 Å². The highest BCUT2D eigenvalue weighted by Gasteiger charge is 2.32. The number of carboxylic acid groups (broad SMARTS) is 1. The van der Waals surface area contributed by atoms with Crippen molar-refractivity contribution in [3.63, 3.8) is 0 Å². The van der Waals surface area contributed by atoms with Crippen LogP contribution in [0.25, 0.3) is 0 Å². The van der Waals surface area contributed by atoms with E-state index in [1.54, 1.807) is 13.8 Å². The summed E-state index contributed by atoms with van der Waals surface area (Å²) in [5.74, 6) is -1.20. The summed E-state index contributed by atoms with van der Waals surface area (Å²) >= 11 is 3.41. The zero-order valence-corrected chi connectivity index (χ0v) is 15.6. The minimum Gasteiger partial charge on any atom is -0.479 e. The number of rotatable bonds is 5. The third kappa shape index (κ3) is 3.51. The molecule has 0 atom stereocenters. The number of nitrogens with zero attached hydrogens (tertiary/aromatic N) is 2. The van der Waals surface area contributed by atoms with Crippen LogP contribution < -0.4 is 5.32 Å². The predicted molar refractivity (Wildman–Crippen MR) is 95.0 cm³/mol. The molecule has 1 aromatic carbocycles. The SMILES string of the molecule is CC(C)(C(=O)Nc1cnn(C(C)(C)C(=O)O)c1)c1cccc(Br)c1. The second kappa shape index (κ2) is 6.39. The molecule has 6 nitrogen and oxygen atoms in total. The molecule has 0 aliphatic carbocycles. The molecule has 1 aromatic heterocycles. The number of nitrogens with one attached hydrogen (secondary N) is 1. The van der Waals surface area contributed by atoms with Crippen LogP contribution in [0.1, 0.15) is 33.3 Å². The first-order chi connectivity index (χ1) is 11.0. The van der Waals surface area contributed by atoms with E-state index < -0.39 is 16.9 Å². The lowest BCUT2D eigenvalue weighted by atomic mass is 9.84. The largest absolute Gasteiger partial charge is 0.479 e. The molecule has 2 N–H and O–H groups in total. The molecule has 2 aromatic rings. The summed E-state index contributed by atoms with van der Waals surface area (Å²) in [5.41, 5.74) is -0.623. The van der Waals surface area contributed by atoms with Crippen LogP contribution in [-0.2, 0) is 20.5 Å². The highest BCUT2D eigenvalue weighted by molar-refractivity contribution is 9.10. The summed E-state index contributed by atoms with van der Waals surface area (Å²) in [4.78, 5) is 23.9. The van der Waals surface area contributed by atoms with Gasteiger partial charge in [-0.2, -0.15) is 5.10 Å². The molecular formula is C17H20BrN3O3. The Morgan fingerprint density at radius 3 is 2.50 bits per heavy atom. The number of amides is 1. The molecule has 0 unspecified atom stereocenters. The van der Waals surface area contributed by atoms with Gasteiger partial charge in [-0.3, -0.25) is 9.48 Å². The van der Waals surface area contributed by atoms with Crippen molar-refractivity contribution < 1.29 is 14.7 Å². The zero-order chi connectivity index (χ0) is 18.1. The second-order valence-corrected chi connectivity index (χ2v) is 7.54. The van der Waals surface area contributed by atoms with Gasteiger partial charge in [-0.15, -0.1) is 0 Å². The number of benzene rings is 1. The third-order valence-corrected chi connectivity index (χ3v) is 4.54. The van der Waals surface area contributed by atoms with E-state index in [2.05, 4.69) is 26.3 Å². The van der Waals surface area contributed by atoms with Crippen molar-refractivity contribution in [1.29, 1.82) is 0 Å². The Morgan fingerprint density at radius 1 is 1.25 bits per heavy atom. The number of anilines is 1. The number of aromatic nitrogens is 2. The van der Waals surface area contributed by atoms with Crippen LogP contribution in [0.5, 0.6) is 0 Å². The van der Waals surface area contributed by atoms with Crippen LogP contribution in [-0.4, -0.2) is 26.8 Å². The van der Waals surface area contributed by atoms with Crippen molar-refractivity contribution in [2.45, 2.75) is 38.6 Å². The van der Waals surface area contributed by atoms with Crippen molar-refractivity contribution in [1.82, 2.24) is 9.78 Å². The molecule has 0 radical (unpaired) electrons. The van der Waals surface area contributed by atoms with Gasteiger partial charge in [0.15, 0.2) is 5.54 Å². The summed E-state index contributed by atoms with van der Waals surface area (Å²) < 4.78 is 2.22. The lowest BCUT2D eigenvalue weighted by Gasteiger charge is -2.24. The molecule has 0 saturated carbocycles. The molecule has 24 heavy (non-hydrogen) atoms. The number of carbonyl (C=O) groups is 2. The van der Waals surface area contributed by atoms with Gasteiger partial charge in [0.05, 0.1) is 17.3 Å². The first-order valence-electron chi connectivity index (χ1n) is 7.41. The fourth-order valence-corrected chi connectivity index (χ4v) is 2.49. The minimum atomic E-state index is -1.19. The molecule has 1 heterocycles. The predicted octanol–water partition coefficient (Wildman–Crippen LogP) is 3.38. The van der Waals surface area contributed by atoms with Crippen LogP contribution >= 0.6 is 15.9 Å². The van der Waals surface area contributed by atoms with E-state index in [-0.39, 0.29) is 5.91 Å². The van der Waals surface area contributed by atoms with Crippen LogP contribution in [0, 0.1) is 0 Å². The molecule has 0 bridgehead atoms. The fraction of sp³-hybridized carbons (Fsp3) is 0.353. The first-order valence-corrected chi connectivity index (χ1v) is 8.20. The molecular weight excluding hydrogens is 374 g/mol. The van der Waals surface area contributed by atoms with Gasteiger partial charge in [-0.05, 0) is 45.4 Å². The van der Waals surface area contributed by atoms with E-state index in [4.69, 9.17) is 0 Å². The molecule has 0 saturated heterocycles. The molecule has 2 rings (SSSR count). The van der Waals surface area contributed by atoms with Crippen LogP contribution in [0.3, 0.4) is 0 Å². The molecule has 0 fully saturated rings. The second-order valence-electron chi connectivity index (χ2n) is 6.63. The molecule has 0 aliphatic heterocycles. The van der Waals surface area contributed by atoms with Crippen molar-refractivity contribution in [3.8, 4) is 0 Å². The van der Waals surface area contributed by atoms with Gasteiger partial charge < -0.3 is 10.4 Å². The van der Waals surface area contributed by atoms with E-state index in [9.17, 15) is 14.7 Å². The van der Waals surface area contributed by atoms with Gasteiger partial charge in [0, 0.05) is 10.7 Å². The summed E-state index contributed by atoms with van der Waals surface area (Å²) in [5, 5.41) is 16.1. The Balaban J connectivity index is 2.21. The Kier molecular flexibility index (Phi) is 4.85. The van der Waals surface area contributed by atoms with Crippen LogP contribution in [0.15, 0.2) is 41.1 Å². The molecule has 128 valence electrons. The topological polar surface area (TPSA) is 84.2 Å². The first kappa shape index (κ1) is 18.2. The Bertz CT molecular complexity index is 781. The molecule has 7 heteroatoms. The molecule has 0 spiro atoms. The normalized spacial score (nSPS) is 12.0. The summed E-state index contributed by atoms with van der Waals surface area (Å²) in [6.45, 7) is 6.74. The Labute approximate surface area is 149 Å². The lowest BCUT2D eigenvalue weighted by Crippen LogP contribution is -2.36. The van der Waals surface area contributed by atoms with E-state index in [1.165, 1.54) is 17.1 Å². The highest BCUT2D eigenvalue weighted by atomic mass is 79.9. The monoisotopic (exact) mass is 393 g/mol. The molecule has 1 amide bonds. The number of hydrogen-bond acceptors (Lipinski definition) is 3. The maximum Gasteiger partial charge on any atom is 0.331 e. The van der Waals surface area contributed by atoms with Crippen molar-refractivity contribution in [3.05, 3.63) is 46.7 Å². The van der Waals surface area contributed by atoms with Crippen LogP contribution in [0.2, 0.25) is 0 Å². The maximum absolute atomic E-state index is 12.7. The van der Waals surface area contributed by atoms with E-state index >= 15 is 0 Å². The van der Waals surface area contributed by atoms with Crippen LogP contribution in [0.4, 0.5) is 5.69 Å². The average Bonchev–Trinajstić information content (AvgIpc) is 2.96. The fourth-order valence-electron chi connectivity index (χ4n) is 2.09. The Hall–Kier alpha value is -2.15. The number of aliphatic carboxylic acids is 1. The van der Waals surface area contributed by atoms with Gasteiger partial charge in [0.2, 0.25) is 5.91 Å². The van der Waals surface area contributed by atoms with Gasteiger partial charge in [0.25, 0.3) is 0 Å². The van der Waals surface area contributed by atoms with Gasteiger partial charge in [-0.25, -0.2) is 4.79 Å². The minimum absolute atomic E-state index is 0.201. The van der Waals surface area contributed by atoms with Gasteiger partial charge >= 0.3 is 5.97 Å². The summed E-state index contributed by atoms with van der Waals surface area (Å²) in [6.07, 6.45) is 2.96. The zero-order valence-electron chi connectivity index (χ0n) is 14.0. The van der Waals surface area contributed by atoms with Gasteiger partial charge in [-0.1, -0.05) is 28.1 Å². The maximum atomic E-state index is 12.7. The van der Waals surface area contributed by atoms with Gasteiger partial charge in [0.1, 0.15) is 0 Å². The smallest absolute Gasteiger partial charge is 0.331 e. The number of carboxylic acids is 1. The highest BCUT2D eigenvalue weighted by Crippen LogP contribution is 2.27. The number of carbonyl (C=O) groups excluding carboxylic acids is 1. The molecule has 0 aliphatic rings. The van der Waals surface area contributed by atoms with E-state index in [0.717, 1.165) is 10.0 Å². The Morgan fingerprint density at radius 2 is 1.92 bits per heavy atom. The van der Waals surface area contributed by atoms with Crippen molar-refractivity contribution in [2.24, 2.45) is 0 Å². The lowest BCUT2D eigenvalue weighted by molar-refractivity contribution is -0.146. The standard InChI is InChI=1S/C17H20BrN3O3/c1-16(2,11-6-5-7-12(18)8-11)14(22)20-13-9-19-21(10-13)17(3,4)15(23)24/h5-10H,1-4H3,(H,20,22)(H,23,24). The number of hydrogen-bond donors (Lipinski definition) is 2. The average molecular weight is 394 g/mol. The summed E-state index contributed by atoms with van der Waals surface area (Å²) in [6, 6.07) is 7.56.